The van der Waals surface area contributed by atoms with Gasteiger partial charge in [-0.25, -0.2) is 0 Å². The third-order valence-corrected chi connectivity index (χ3v) is 5.22. The number of hydrogen-bond acceptors (Lipinski definition) is 3. The summed E-state index contributed by atoms with van der Waals surface area (Å²) in [7, 11) is 0. The molecule has 2 atom stereocenters. The molecule has 1 aromatic carbocycles. The lowest BCUT2D eigenvalue weighted by atomic mass is 10.1. The van der Waals surface area contributed by atoms with Crippen molar-refractivity contribution in [2.24, 2.45) is 0 Å². The Balaban J connectivity index is 0.00000220. The third kappa shape index (κ3) is 5.53. The maximum Gasteiger partial charge on any atom is 0.222 e. The molecule has 0 saturated carbocycles. The van der Waals surface area contributed by atoms with E-state index in [2.05, 4.69) is 10.6 Å². The number of nitrogens with one attached hydrogen (secondary N) is 2. The largest absolute Gasteiger partial charge is 0.349 e. The summed E-state index contributed by atoms with van der Waals surface area (Å²) in [6, 6.07) is 5.57. The second-order valence-corrected chi connectivity index (χ2v) is 6.80. The van der Waals surface area contributed by atoms with Gasteiger partial charge in [-0.2, -0.15) is 11.8 Å². The van der Waals surface area contributed by atoms with Crippen molar-refractivity contribution in [3.8, 4) is 0 Å². The fourth-order valence-electron chi connectivity index (χ4n) is 2.21. The summed E-state index contributed by atoms with van der Waals surface area (Å²) >= 11 is 14.0. The molecule has 1 amide bonds. The van der Waals surface area contributed by atoms with Crippen LogP contribution in [0.5, 0.6) is 0 Å². The topological polar surface area (TPSA) is 41.1 Å². The monoisotopic (exact) mass is 368 g/mol. The van der Waals surface area contributed by atoms with Crippen molar-refractivity contribution in [2.75, 3.05) is 18.1 Å². The standard InChI is InChI=1S/C14H18Cl2N2OS.ClH/c1-9(11-3-2-4-12(15)14(11)16)18-13(19)7-10-8-20-6-5-17-10;/h2-4,9-10,17H,5-8H2,1H3,(H,18,19);1H. The first kappa shape index (κ1) is 18.9. The highest BCUT2D eigenvalue weighted by Crippen LogP contribution is 2.29. The van der Waals surface area contributed by atoms with Crippen LogP contribution < -0.4 is 10.6 Å². The third-order valence-electron chi connectivity index (χ3n) is 3.26. The van der Waals surface area contributed by atoms with E-state index in [1.165, 1.54) is 0 Å². The van der Waals surface area contributed by atoms with E-state index in [9.17, 15) is 4.79 Å². The maximum atomic E-state index is 12.1. The highest BCUT2D eigenvalue weighted by molar-refractivity contribution is 7.99. The van der Waals surface area contributed by atoms with Crippen molar-refractivity contribution < 1.29 is 4.79 Å². The summed E-state index contributed by atoms with van der Waals surface area (Å²) in [5.74, 6) is 2.14. The van der Waals surface area contributed by atoms with Gasteiger partial charge < -0.3 is 10.6 Å². The number of rotatable bonds is 4. The minimum Gasteiger partial charge on any atom is -0.349 e. The van der Waals surface area contributed by atoms with Gasteiger partial charge in [0.1, 0.15) is 0 Å². The molecular weight excluding hydrogens is 351 g/mol. The summed E-state index contributed by atoms with van der Waals surface area (Å²) in [6.07, 6.45) is 0.496. The Morgan fingerprint density at radius 1 is 1.52 bits per heavy atom. The molecule has 3 nitrogen and oxygen atoms in total. The second-order valence-electron chi connectivity index (χ2n) is 4.86. The Morgan fingerprint density at radius 3 is 2.95 bits per heavy atom. The van der Waals surface area contributed by atoms with Crippen LogP contribution >= 0.6 is 47.4 Å². The van der Waals surface area contributed by atoms with Gasteiger partial charge >= 0.3 is 0 Å². The fraction of sp³-hybridized carbons (Fsp3) is 0.500. The molecule has 2 unspecified atom stereocenters. The average Bonchev–Trinajstić information content (AvgIpc) is 2.42. The summed E-state index contributed by atoms with van der Waals surface area (Å²) in [4.78, 5) is 12.1. The number of thioether (sulfide) groups is 1. The molecule has 1 saturated heterocycles. The smallest absolute Gasteiger partial charge is 0.222 e. The van der Waals surface area contributed by atoms with Gasteiger partial charge in [0.2, 0.25) is 5.91 Å². The molecule has 0 spiro atoms. The number of hydrogen-bond donors (Lipinski definition) is 2. The zero-order chi connectivity index (χ0) is 14.5. The molecule has 0 radical (unpaired) electrons. The first-order valence-corrected chi connectivity index (χ1v) is 8.53. The summed E-state index contributed by atoms with van der Waals surface area (Å²) in [6.45, 7) is 2.89. The average molecular weight is 370 g/mol. The van der Waals surface area contributed by atoms with Crippen LogP contribution in [0.25, 0.3) is 0 Å². The van der Waals surface area contributed by atoms with Gasteiger partial charge in [-0.05, 0) is 18.6 Å². The van der Waals surface area contributed by atoms with Crippen molar-refractivity contribution >= 4 is 53.3 Å². The van der Waals surface area contributed by atoms with Crippen molar-refractivity contribution in [3.05, 3.63) is 33.8 Å². The Labute approximate surface area is 145 Å². The molecule has 1 heterocycles. The van der Waals surface area contributed by atoms with Crippen molar-refractivity contribution in [2.45, 2.75) is 25.4 Å². The van der Waals surface area contributed by atoms with Crippen LogP contribution in [0.1, 0.15) is 24.9 Å². The predicted octanol–water partition coefficient (Wildman–Crippen LogP) is 3.69. The number of benzene rings is 1. The predicted molar refractivity (Wildman–Crippen MR) is 94.0 cm³/mol. The molecule has 2 rings (SSSR count). The molecule has 1 aromatic rings. The molecule has 1 fully saturated rings. The van der Waals surface area contributed by atoms with E-state index in [1.54, 1.807) is 6.07 Å². The van der Waals surface area contributed by atoms with Crippen molar-refractivity contribution in [1.82, 2.24) is 10.6 Å². The van der Waals surface area contributed by atoms with Gasteiger partial charge in [-0.1, -0.05) is 35.3 Å². The lowest BCUT2D eigenvalue weighted by Gasteiger charge is -2.23. The van der Waals surface area contributed by atoms with E-state index >= 15 is 0 Å². The molecule has 1 aliphatic rings. The summed E-state index contributed by atoms with van der Waals surface area (Å²) < 4.78 is 0. The molecule has 1 aliphatic heterocycles. The fourth-order valence-corrected chi connectivity index (χ4v) is 3.63. The SMILES string of the molecule is CC(NC(=O)CC1CSCCN1)c1cccc(Cl)c1Cl.Cl. The van der Waals surface area contributed by atoms with Crippen LogP contribution in [-0.4, -0.2) is 30.0 Å². The number of carbonyl (C=O) groups is 1. The van der Waals surface area contributed by atoms with Gasteiger partial charge in [0, 0.05) is 30.5 Å². The maximum absolute atomic E-state index is 12.1. The van der Waals surface area contributed by atoms with Crippen LogP contribution in [-0.2, 0) is 4.79 Å². The molecule has 0 bridgehead atoms. The van der Waals surface area contributed by atoms with E-state index in [0.29, 0.717) is 16.5 Å². The summed E-state index contributed by atoms with van der Waals surface area (Å²) in [5.41, 5.74) is 0.846. The van der Waals surface area contributed by atoms with E-state index in [0.717, 1.165) is 23.6 Å². The molecular formula is C14H19Cl3N2OS. The van der Waals surface area contributed by atoms with Crippen LogP contribution in [0.3, 0.4) is 0 Å². The van der Waals surface area contributed by atoms with Gasteiger partial charge in [0.25, 0.3) is 0 Å². The molecule has 0 aliphatic carbocycles. The summed E-state index contributed by atoms with van der Waals surface area (Å²) in [5, 5.41) is 7.35. The number of carbonyl (C=O) groups excluding carboxylic acids is 1. The lowest BCUT2D eigenvalue weighted by molar-refractivity contribution is -0.122. The van der Waals surface area contributed by atoms with E-state index in [1.807, 2.05) is 30.8 Å². The zero-order valence-corrected chi connectivity index (χ0v) is 14.8. The highest BCUT2D eigenvalue weighted by atomic mass is 35.5. The van der Waals surface area contributed by atoms with Gasteiger partial charge in [0.05, 0.1) is 16.1 Å². The molecule has 118 valence electrons. The number of halogens is 3. The highest BCUT2D eigenvalue weighted by Gasteiger charge is 2.19. The van der Waals surface area contributed by atoms with E-state index in [-0.39, 0.29) is 30.4 Å². The first-order valence-electron chi connectivity index (χ1n) is 6.62. The molecule has 2 N–H and O–H groups in total. The Kier molecular flexibility index (Phi) is 8.21. The second kappa shape index (κ2) is 9.11. The van der Waals surface area contributed by atoms with Crippen molar-refractivity contribution in [3.63, 3.8) is 0 Å². The van der Waals surface area contributed by atoms with Crippen LogP contribution in [0.2, 0.25) is 10.0 Å². The molecule has 21 heavy (non-hydrogen) atoms. The van der Waals surface area contributed by atoms with Gasteiger partial charge in [0.15, 0.2) is 0 Å². The Morgan fingerprint density at radius 2 is 2.29 bits per heavy atom. The minimum atomic E-state index is -0.148. The van der Waals surface area contributed by atoms with E-state index < -0.39 is 0 Å². The number of amides is 1. The first-order chi connectivity index (χ1) is 9.58. The van der Waals surface area contributed by atoms with Crippen LogP contribution in [0, 0.1) is 0 Å². The van der Waals surface area contributed by atoms with Crippen LogP contribution in [0.15, 0.2) is 18.2 Å². The quantitative estimate of drug-likeness (QED) is 0.850. The Bertz CT molecular complexity index is 481. The molecule has 0 aromatic heterocycles. The minimum absolute atomic E-state index is 0. The van der Waals surface area contributed by atoms with Gasteiger partial charge in [-0.3, -0.25) is 4.79 Å². The van der Waals surface area contributed by atoms with E-state index in [4.69, 9.17) is 23.2 Å². The molecule has 7 heteroatoms. The lowest BCUT2D eigenvalue weighted by Crippen LogP contribution is -2.41. The normalized spacial score (nSPS) is 19.5. The van der Waals surface area contributed by atoms with Crippen LogP contribution in [0.4, 0.5) is 0 Å². The van der Waals surface area contributed by atoms with Gasteiger partial charge in [-0.15, -0.1) is 12.4 Å². The Hall–Kier alpha value is -0.130. The van der Waals surface area contributed by atoms with Crippen molar-refractivity contribution in [1.29, 1.82) is 0 Å². The zero-order valence-electron chi connectivity index (χ0n) is 11.7.